The van der Waals surface area contributed by atoms with Gasteiger partial charge in [0.15, 0.2) is 0 Å². The van der Waals surface area contributed by atoms with E-state index in [9.17, 15) is 0 Å². The van der Waals surface area contributed by atoms with Crippen LogP contribution in [0.4, 0.5) is 0 Å². The van der Waals surface area contributed by atoms with Crippen molar-refractivity contribution in [2.75, 3.05) is 19.6 Å². The molecule has 0 radical (unpaired) electrons. The first-order chi connectivity index (χ1) is 8.50. The Balaban J connectivity index is 1.95. The van der Waals surface area contributed by atoms with Gasteiger partial charge in [-0.05, 0) is 43.7 Å². The van der Waals surface area contributed by atoms with Gasteiger partial charge < -0.3 is 5.32 Å². The van der Waals surface area contributed by atoms with Crippen molar-refractivity contribution >= 4 is 0 Å². The smallest absolute Gasteiger partial charge is 0.0243 e. The van der Waals surface area contributed by atoms with E-state index < -0.39 is 0 Å². The van der Waals surface area contributed by atoms with Crippen molar-refractivity contribution in [1.29, 1.82) is 0 Å². The molecule has 0 spiro atoms. The van der Waals surface area contributed by atoms with Gasteiger partial charge in [-0.15, -0.1) is 0 Å². The zero-order valence-electron chi connectivity index (χ0n) is 12.8. The fourth-order valence-corrected chi connectivity index (χ4v) is 3.17. The molecule has 1 aliphatic heterocycles. The van der Waals surface area contributed by atoms with Crippen molar-refractivity contribution in [2.24, 2.45) is 11.3 Å². The molecular weight excluding hydrogens is 220 g/mol. The average molecular weight is 252 g/mol. The molecule has 0 bridgehead atoms. The van der Waals surface area contributed by atoms with Gasteiger partial charge >= 0.3 is 0 Å². The number of hydrogen-bond acceptors (Lipinski definition) is 2. The zero-order chi connectivity index (χ0) is 13.2. The van der Waals surface area contributed by atoms with Gasteiger partial charge in [0.25, 0.3) is 0 Å². The normalized spacial score (nSPS) is 29.0. The Kier molecular flexibility index (Phi) is 4.71. The third-order valence-corrected chi connectivity index (χ3v) is 4.77. The molecule has 0 aromatic carbocycles. The Hall–Kier alpha value is -0.0800. The van der Waals surface area contributed by atoms with Crippen LogP contribution in [0.3, 0.4) is 0 Å². The number of nitrogens with zero attached hydrogens (tertiary/aromatic N) is 1. The summed E-state index contributed by atoms with van der Waals surface area (Å²) >= 11 is 0. The van der Waals surface area contributed by atoms with E-state index in [1.807, 2.05) is 0 Å². The van der Waals surface area contributed by atoms with E-state index in [-0.39, 0.29) is 0 Å². The van der Waals surface area contributed by atoms with Crippen molar-refractivity contribution in [3.8, 4) is 0 Å². The molecule has 0 aromatic rings. The van der Waals surface area contributed by atoms with Crippen molar-refractivity contribution < 1.29 is 0 Å². The van der Waals surface area contributed by atoms with E-state index in [0.29, 0.717) is 11.5 Å². The summed E-state index contributed by atoms with van der Waals surface area (Å²) < 4.78 is 0. The Labute approximate surface area is 114 Å². The molecule has 2 aliphatic rings. The van der Waals surface area contributed by atoms with Crippen molar-refractivity contribution in [3.63, 3.8) is 0 Å². The van der Waals surface area contributed by atoms with Gasteiger partial charge in [-0.3, -0.25) is 4.90 Å². The number of hydrogen-bond donors (Lipinski definition) is 1. The molecule has 106 valence electrons. The molecule has 1 aliphatic carbocycles. The van der Waals surface area contributed by atoms with Crippen LogP contribution in [0.1, 0.15) is 59.8 Å². The molecule has 1 heterocycles. The molecule has 2 heteroatoms. The Morgan fingerprint density at radius 3 is 2.56 bits per heavy atom. The van der Waals surface area contributed by atoms with Crippen LogP contribution in [0, 0.1) is 11.3 Å². The lowest BCUT2D eigenvalue weighted by molar-refractivity contribution is 0.140. The maximum absolute atomic E-state index is 3.76. The van der Waals surface area contributed by atoms with Crippen molar-refractivity contribution in [2.45, 2.75) is 71.9 Å². The van der Waals surface area contributed by atoms with E-state index in [4.69, 9.17) is 0 Å². The van der Waals surface area contributed by atoms with Crippen LogP contribution in [0.2, 0.25) is 0 Å². The predicted octanol–water partition coefficient (Wildman–Crippen LogP) is 3.28. The van der Waals surface area contributed by atoms with Crippen molar-refractivity contribution in [3.05, 3.63) is 0 Å². The van der Waals surface area contributed by atoms with E-state index >= 15 is 0 Å². The Morgan fingerprint density at radius 1 is 1.28 bits per heavy atom. The monoisotopic (exact) mass is 252 g/mol. The summed E-state index contributed by atoms with van der Waals surface area (Å²) in [6.45, 7) is 13.2. The fourth-order valence-electron chi connectivity index (χ4n) is 3.17. The molecule has 0 aromatic heterocycles. The summed E-state index contributed by atoms with van der Waals surface area (Å²) in [4.78, 5) is 2.79. The summed E-state index contributed by atoms with van der Waals surface area (Å²) in [5, 5.41) is 3.76. The molecule has 18 heavy (non-hydrogen) atoms. The summed E-state index contributed by atoms with van der Waals surface area (Å²) in [5.41, 5.74) is 0.375. The third-order valence-electron chi connectivity index (χ3n) is 4.77. The molecule has 0 amide bonds. The van der Waals surface area contributed by atoms with Gasteiger partial charge in [-0.1, -0.05) is 40.5 Å². The molecular formula is C16H32N2. The van der Waals surface area contributed by atoms with Crippen LogP contribution in [0.5, 0.6) is 0 Å². The minimum absolute atomic E-state index is 0.375. The van der Waals surface area contributed by atoms with Crippen LogP contribution < -0.4 is 5.32 Å². The van der Waals surface area contributed by atoms with Gasteiger partial charge in [0.1, 0.15) is 0 Å². The van der Waals surface area contributed by atoms with E-state index in [0.717, 1.165) is 12.0 Å². The molecule has 2 unspecified atom stereocenters. The lowest BCUT2D eigenvalue weighted by Crippen LogP contribution is -2.48. The first kappa shape index (κ1) is 14.3. The van der Waals surface area contributed by atoms with Crippen molar-refractivity contribution in [1.82, 2.24) is 10.2 Å². The van der Waals surface area contributed by atoms with Gasteiger partial charge in [0.2, 0.25) is 0 Å². The highest BCUT2D eigenvalue weighted by atomic mass is 15.2. The van der Waals surface area contributed by atoms with Gasteiger partial charge in [-0.2, -0.15) is 0 Å². The Bertz CT molecular complexity index is 252. The predicted molar refractivity (Wildman–Crippen MR) is 78.9 cm³/mol. The van der Waals surface area contributed by atoms with E-state index in [1.165, 1.54) is 51.7 Å². The molecule has 1 N–H and O–H groups in total. The summed E-state index contributed by atoms with van der Waals surface area (Å²) in [6, 6.07) is 1.48. The van der Waals surface area contributed by atoms with Gasteiger partial charge in [0.05, 0.1) is 0 Å². The zero-order valence-corrected chi connectivity index (χ0v) is 12.8. The second-order valence-corrected chi connectivity index (χ2v) is 7.46. The SMILES string of the molecule is CCC(CC1CC1)N1CCCNC(C(C)(C)C)C1. The molecule has 1 saturated heterocycles. The first-order valence-electron chi connectivity index (χ1n) is 7.98. The topological polar surface area (TPSA) is 15.3 Å². The lowest BCUT2D eigenvalue weighted by atomic mass is 9.86. The summed E-state index contributed by atoms with van der Waals surface area (Å²) in [7, 11) is 0. The second-order valence-electron chi connectivity index (χ2n) is 7.46. The average Bonchev–Trinajstić information content (AvgIpc) is 3.11. The second kappa shape index (κ2) is 5.92. The van der Waals surface area contributed by atoms with Crippen LogP contribution >= 0.6 is 0 Å². The third kappa shape index (κ3) is 3.96. The minimum atomic E-state index is 0.375. The minimum Gasteiger partial charge on any atom is -0.312 e. The van der Waals surface area contributed by atoms with Crippen LogP contribution in [0.15, 0.2) is 0 Å². The highest BCUT2D eigenvalue weighted by Crippen LogP contribution is 2.36. The van der Waals surface area contributed by atoms with Crippen LogP contribution in [-0.2, 0) is 0 Å². The van der Waals surface area contributed by atoms with Gasteiger partial charge in [0, 0.05) is 18.6 Å². The van der Waals surface area contributed by atoms with Crippen LogP contribution in [0.25, 0.3) is 0 Å². The number of rotatable bonds is 4. The molecule has 2 fully saturated rings. The maximum Gasteiger partial charge on any atom is 0.0243 e. The molecule has 2 nitrogen and oxygen atoms in total. The van der Waals surface area contributed by atoms with Crippen LogP contribution in [-0.4, -0.2) is 36.6 Å². The van der Waals surface area contributed by atoms with E-state index in [1.54, 1.807) is 0 Å². The quantitative estimate of drug-likeness (QED) is 0.826. The highest BCUT2D eigenvalue weighted by molar-refractivity contribution is 4.89. The number of nitrogens with one attached hydrogen (secondary N) is 1. The lowest BCUT2D eigenvalue weighted by Gasteiger charge is -2.37. The fraction of sp³-hybridized carbons (Fsp3) is 1.00. The summed E-state index contributed by atoms with van der Waals surface area (Å²) in [5.74, 6) is 1.05. The summed E-state index contributed by atoms with van der Waals surface area (Å²) in [6.07, 6.45) is 7.07. The molecule has 2 atom stereocenters. The highest BCUT2D eigenvalue weighted by Gasteiger charge is 2.32. The standard InChI is InChI=1S/C16H32N2/c1-5-14(11-13-7-8-13)18-10-6-9-17-15(12-18)16(2,3)4/h13-15,17H,5-12H2,1-4H3. The maximum atomic E-state index is 3.76. The Morgan fingerprint density at radius 2 is 2.00 bits per heavy atom. The molecule has 1 saturated carbocycles. The largest absolute Gasteiger partial charge is 0.312 e. The first-order valence-corrected chi connectivity index (χ1v) is 7.98. The van der Waals surface area contributed by atoms with Gasteiger partial charge in [-0.25, -0.2) is 0 Å². The molecule has 2 rings (SSSR count). The van der Waals surface area contributed by atoms with E-state index in [2.05, 4.69) is 37.9 Å².